The fourth-order valence-corrected chi connectivity index (χ4v) is 5.58. The molecule has 1 amide bonds. The first-order valence-electron chi connectivity index (χ1n) is 13.5. The molecule has 204 valence electrons. The van der Waals surface area contributed by atoms with Crippen molar-refractivity contribution in [2.24, 2.45) is 0 Å². The van der Waals surface area contributed by atoms with Gasteiger partial charge in [0.25, 0.3) is 11.5 Å². The van der Waals surface area contributed by atoms with Crippen LogP contribution in [0.25, 0.3) is 5.69 Å². The van der Waals surface area contributed by atoms with Crippen molar-refractivity contribution in [2.45, 2.75) is 38.5 Å². The van der Waals surface area contributed by atoms with Crippen molar-refractivity contribution in [3.8, 4) is 17.2 Å². The van der Waals surface area contributed by atoms with Gasteiger partial charge in [-0.05, 0) is 104 Å². The summed E-state index contributed by atoms with van der Waals surface area (Å²) in [6, 6.07) is 18.0. The van der Waals surface area contributed by atoms with Gasteiger partial charge in [-0.1, -0.05) is 29.3 Å². The van der Waals surface area contributed by atoms with E-state index in [0.29, 0.717) is 32.7 Å². The molecule has 0 atom stereocenters. The summed E-state index contributed by atoms with van der Waals surface area (Å²) in [5.74, 6) is 0.949. The number of ether oxygens (including phenoxy) is 1. The van der Waals surface area contributed by atoms with Crippen LogP contribution in [0.2, 0.25) is 10.0 Å². The first kappa shape index (κ1) is 26.4. The van der Waals surface area contributed by atoms with Gasteiger partial charge in [0.05, 0.1) is 21.9 Å². The van der Waals surface area contributed by atoms with Crippen molar-refractivity contribution in [2.75, 3.05) is 18.4 Å². The number of hydrogen-bond donors (Lipinski definition) is 1. The number of rotatable bonds is 6. The average molecular weight is 575 g/mol. The number of nitrogens with one attached hydrogen (secondary N) is 1. The Balaban J connectivity index is 1.34. The summed E-state index contributed by atoms with van der Waals surface area (Å²) in [6.45, 7) is 1.57. The van der Waals surface area contributed by atoms with Crippen LogP contribution >= 0.6 is 23.2 Å². The number of piperidine rings is 1. The molecule has 40 heavy (non-hydrogen) atoms. The van der Waals surface area contributed by atoms with E-state index in [2.05, 4.69) is 16.5 Å². The Hall–Kier alpha value is -3.81. The molecule has 2 aliphatic rings. The van der Waals surface area contributed by atoms with Crippen LogP contribution in [0.5, 0.6) is 11.5 Å². The lowest BCUT2D eigenvalue weighted by Crippen LogP contribution is -2.35. The largest absolute Gasteiger partial charge is 0.453 e. The molecule has 0 unspecified atom stereocenters. The summed E-state index contributed by atoms with van der Waals surface area (Å²) in [5.41, 5.74) is 4.09. The zero-order valence-corrected chi connectivity index (χ0v) is 23.3. The van der Waals surface area contributed by atoms with E-state index >= 15 is 0 Å². The lowest BCUT2D eigenvalue weighted by Gasteiger charge is -2.26. The van der Waals surface area contributed by atoms with Crippen LogP contribution in [0.1, 0.15) is 47.2 Å². The maximum absolute atomic E-state index is 13.8. The van der Waals surface area contributed by atoms with Crippen LogP contribution in [-0.2, 0) is 12.8 Å². The molecule has 0 saturated carbocycles. The normalized spacial score (nSPS) is 14.6. The zero-order chi connectivity index (χ0) is 27.6. The third-order valence-electron chi connectivity index (χ3n) is 7.43. The van der Waals surface area contributed by atoms with E-state index < -0.39 is 5.56 Å². The van der Waals surface area contributed by atoms with Gasteiger partial charge in [0.1, 0.15) is 5.75 Å². The number of aromatic nitrogens is 2. The van der Waals surface area contributed by atoms with Gasteiger partial charge in [0, 0.05) is 24.3 Å². The molecule has 0 spiro atoms. The maximum atomic E-state index is 13.8. The smallest absolute Gasteiger partial charge is 0.299 e. The van der Waals surface area contributed by atoms with Crippen LogP contribution in [0.15, 0.2) is 71.7 Å². The summed E-state index contributed by atoms with van der Waals surface area (Å²) in [7, 11) is 0. The Kier molecular flexibility index (Phi) is 7.50. The number of halogens is 2. The molecule has 0 bridgehead atoms. The van der Waals surface area contributed by atoms with E-state index in [1.165, 1.54) is 22.0 Å². The standard InChI is InChI=1S/C31H28Cl2N4O3/c32-26-14-12-24(18-27(26)33)37-31(39)29(28(19-34-37)40-25-13-9-20-5-4-6-22(20)17-25)35-23-10-7-21(8-11-23)30(38)36-15-2-1-3-16-36/h7-14,17-19,35H,1-6,15-16H2. The van der Waals surface area contributed by atoms with Gasteiger partial charge in [0.2, 0.25) is 0 Å². The van der Waals surface area contributed by atoms with Gasteiger partial charge in [-0.15, -0.1) is 0 Å². The summed E-state index contributed by atoms with van der Waals surface area (Å²) in [4.78, 5) is 28.6. The molecular formula is C31H28Cl2N4O3. The number of nitrogens with zero attached hydrogens (tertiary/aromatic N) is 3. The van der Waals surface area contributed by atoms with Crippen LogP contribution in [0.3, 0.4) is 0 Å². The lowest BCUT2D eigenvalue weighted by atomic mass is 10.1. The second-order valence-corrected chi connectivity index (χ2v) is 11.0. The first-order valence-corrected chi connectivity index (χ1v) is 14.3. The molecule has 1 fully saturated rings. The average Bonchev–Trinajstić information content (AvgIpc) is 3.45. The number of aryl methyl sites for hydroxylation is 2. The molecule has 9 heteroatoms. The highest BCUT2D eigenvalue weighted by molar-refractivity contribution is 6.42. The molecule has 1 aromatic heterocycles. The number of carbonyl (C=O) groups is 1. The number of likely N-dealkylation sites (tertiary alicyclic amines) is 1. The van der Waals surface area contributed by atoms with Crippen LogP contribution in [0, 0.1) is 0 Å². The third-order valence-corrected chi connectivity index (χ3v) is 8.17. The molecule has 1 aliphatic carbocycles. The van der Waals surface area contributed by atoms with Crippen molar-refractivity contribution >= 4 is 40.5 Å². The van der Waals surface area contributed by atoms with Gasteiger partial charge in [-0.25, -0.2) is 0 Å². The monoisotopic (exact) mass is 574 g/mol. The molecule has 1 saturated heterocycles. The molecule has 1 N–H and O–H groups in total. The molecular weight excluding hydrogens is 547 g/mol. The third kappa shape index (κ3) is 5.44. The second kappa shape index (κ2) is 11.4. The number of amides is 1. The zero-order valence-electron chi connectivity index (χ0n) is 21.8. The molecule has 2 heterocycles. The SMILES string of the molecule is O=C(c1ccc(Nc2c(Oc3ccc4c(c3)CCC4)cnn(-c3ccc(Cl)c(Cl)c3)c2=O)cc1)N1CCCCC1. The van der Waals surface area contributed by atoms with Gasteiger partial charge in [-0.2, -0.15) is 9.78 Å². The predicted molar refractivity (Wildman–Crippen MR) is 158 cm³/mol. The molecule has 6 rings (SSSR count). The van der Waals surface area contributed by atoms with Crippen LogP contribution in [0.4, 0.5) is 11.4 Å². The van der Waals surface area contributed by atoms with Gasteiger partial charge < -0.3 is 15.0 Å². The lowest BCUT2D eigenvalue weighted by molar-refractivity contribution is 0.0724. The Labute approximate surface area is 242 Å². The minimum Gasteiger partial charge on any atom is -0.453 e. The van der Waals surface area contributed by atoms with Gasteiger partial charge in [0.15, 0.2) is 11.4 Å². The molecule has 1 aliphatic heterocycles. The highest BCUT2D eigenvalue weighted by Gasteiger charge is 2.20. The Morgan fingerprint density at radius 2 is 1.62 bits per heavy atom. The van der Waals surface area contributed by atoms with E-state index in [-0.39, 0.29) is 17.3 Å². The first-order chi connectivity index (χ1) is 19.5. The topological polar surface area (TPSA) is 76.5 Å². The van der Waals surface area contributed by atoms with Crippen molar-refractivity contribution in [1.82, 2.24) is 14.7 Å². The summed E-state index contributed by atoms with van der Waals surface area (Å²) in [5, 5.41) is 8.28. The molecule has 4 aromatic rings. The van der Waals surface area contributed by atoms with Crippen molar-refractivity contribution in [1.29, 1.82) is 0 Å². The highest BCUT2D eigenvalue weighted by atomic mass is 35.5. The van der Waals surface area contributed by atoms with Crippen molar-refractivity contribution in [3.63, 3.8) is 0 Å². The molecule has 0 radical (unpaired) electrons. The predicted octanol–water partition coefficient (Wildman–Crippen LogP) is 7.19. The Morgan fingerprint density at radius 1 is 0.850 bits per heavy atom. The van der Waals surface area contributed by atoms with Crippen molar-refractivity contribution in [3.05, 3.63) is 104 Å². The van der Waals surface area contributed by atoms with Gasteiger partial charge >= 0.3 is 0 Å². The van der Waals surface area contributed by atoms with E-state index in [4.69, 9.17) is 27.9 Å². The molecule has 3 aromatic carbocycles. The highest BCUT2D eigenvalue weighted by Crippen LogP contribution is 2.33. The fourth-order valence-electron chi connectivity index (χ4n) is 5.29. The number of benzene rings is 3. The van der Waals surface area contributed by atoms with Crippen molar-refractivity contribution < 1.29 is 9.53 Å². The number of carbonyl (C=O) groups excluding carboxylic acids is 1. The minimum absolute atomic E-state index is 0.0257. The Morgan fingerprint density at radius 3 is 2.40 bits per heavy atom. The summed E-state index contributed by atoms with van der Waals surface area (Å²) in [6.07, 6.45) is 7.94. The quantitative estimate of drug-likeness (QED) is 0.263. The maximum Gasteiger partial charge on any atom is 0.299 e. The minimum atomic E-state index is -0.425. The number of hydrogen-bond acceptors (Lipinski definition) is 5. The second-order valence-electron chi connectivity index (χ2n) is 10.1. The number of anilines is 2. The number of fused-ring (bicyclic) bond motifs is 1. The van der Waals surface area contributed by atoms with E-state index in [1.54, 1.807) is 42.5 Å². The summed E-state index contributed by atoms with van der Waals surface area (Å²) < 4.78 is 7.46. The van der Waals surface area contributed by atoms with E-state index in [0.717, 1.165) is 51.6 Å². The Bertz CT molecular complexity index is 1630. The molecule has 7 nitrogen and oxygen atoms in total. The van der Waals surface area contributed by atoms with Crippen LogP contribution in [-0.4, -0.2) is 33.7 Å². The fraction of sp³-hybridized carbons (Fsp3) is 0.258. The van der Waals surface area contributed by atoms with E-state index in [9.17, 15) is 9.59 Å². The van der Waals surface area contributed by atoms with Crippen LogP contribution < -0.4 is 15.6 Å². The van der Waals surface area contributed by atoms with Gasteiger partial charge in [-0.3, -0.25) is 9.59 Å². The van der Waals surface area contributed by atoms with E-state index in [1.807, 2.05) is 17.0 Å². The summed E-state index contributed by atoms with van der Waals surface area (Å²) >= 11 is 12.3.